The summed E-state index contributed by atoms with van der Waals surface area (Å²) in [6.45, 7) is 7.74. The van der Waals surface area contributed by atoms with E-state index in [-0.39, 0.29) is 0 Å². The second kappa shape index (κ2) is 8.82. The van der Waals surface area contributed by atoms with Crippen molar-refractivity contribution < 1.29 is 9.47 Å². The van der Waals surface area contributed by atoms with Crippen molar-refractivity contribution in [2.75, 3.05) is 40.9 Å². The van der Waals surface area contributed by atoms with Crippen LogP contribution in [0.25, 0.3) is 0 Å². The molecule has 0 spiro atoms. The lowest BCUT2D eigenvalue weighted by Gasteiger charge is -2.17. The van der Waals surface area contributed by atoms with Crippen molar-refractivity contribution in [3.8, 4) is 11.5 Å². The SMILES string of the molecule is COc1cccc(CNCC(C)C)c1OCCN(C)C. The zero-order valence-corrected chi connectivity index (χ0v) is 13.4. The zero-order valence-electron chi connectivity index (χ0n) is 13.4. The topological polar surface area (TPSA) is 33.7 Å². The van der Waals surface area contributed by atoms with Crippen molar-refractivity contribution >= 4 is 0 Å². The number of likely N-dealkylation sites (N-methyl/N-ethyl adjacent to an activating group) is 1. The van der Waals surface area contributed by atoms with Crippen LogP contribution in [0.5, 0.6) is 11.5 Å². The van der Waals surface area contributed by atoms with Gasteiger partial charge in [-0.15, -0.1) is 0 Å². The minimum atomic E-state index is 0.638. The number of nitrogens with one attached hydrogen (secondary N) is 1. The maximum atomic E-state index is 5.92. The molecular formula is C16H28N2O2. The number of hydrogen-bond donors (Lipinski definition) is 1. The summed E-state index contributed by atoms with van der Waals surface area (Å²) in [5, 5.41) is 3.45. The van der Waals surface area contributed by atoms with Gasteiger partial charge in [-0.3, -0.25) is 0 Å². The lowest BCUT2D eigenvalue weighted by Crippen LogP contribution is -2.22. The molecule has 0 radical (unpaired) electrons. The van der Waals surface area contributed by atoms with Crippen LogP contribution in [0.15, 0.2) is 18.2 Å². The van der Waals surface area contributed by atoms with E-state index in [1.807, 2.05) is 26.2 Å². The predicted octanol–water partition coefficient (Wildman–Crippen LogP) is 2.38. The average molecular weight is 280 g/mol. The van der Waals surface area contributed by atoms with Gasteiger partial charge >= 0.3 is 0 Å². The van der Waals surface area contributed by atoms with Gasteiger partial charge in [-0.2, -0.15) is 0 Å². The number of benzene rings is 1. The standard InChI is InChI=1S/C16H28N2O2/c1-13(2)11-17-12-14-7-6-8-15(19-5)16(14)20-10-9-18(3)4/h6-8,13,17H,9-12H2,1-5H3. The summed E-state index contributed by atoms with van der Waals surface area (Å²) >= 11 is 0. The van der Waals surface area contributed by atoms with Crippen LogP contribution in [0.1, 0.15) is 19.4 Å². The van der Waals surface area contributed by atoms with E-state index in [4.69, 9.17) is 9.47 Å². The molecule has 0 aliphatic heterocycles. The predicted molar refractivity (Wildman–Crippen MR) is 83.6 cm³/mol. The maximum absolute atomic E-state index is 5.92. The van der Waals surface area contributed by atoms with Crippen molar-refractivity contribution in [3.05, 3.63) is 23.8 Å². The maximum Gasteiger partial charge on any atom is 0.165 e. The van der Waals surface area contributed by atoms with Gasteiger partial charge in [-0.1, -0.05) is 26.0 Å². The third-order valence-electron chi connectivity index (χ3n) is 2.93. The molecule has 1 aromatic carbocycles. The molecule has 0 heterocycles. The first-order chi connectivity index (χ1) is 9.54. The first kappa shape index (κ1) is 16.8. The first-order valence-corrected chi connectivity index (χ1v) is 7.18. The molecular weight excluding hydrogens is 252 g/mol. The molecule has 114 valence electrons. The fourth-order valence-corrected chi connectivity index (χ4v) is 1.85. The molecule has 0 bridgehead atoms. The number of ether oxygens (including phenoxy) is 2. The zero-order chi connectivity index (χ0) is 15.0. The Labute approximate surface area is 123 Å². The lowest BCUT2D eigenvalue weighted by molar-refractivity contribution is 0.248. The molecule has 1 rings (SSSR count). The molecule has 4 heteroatoms. The molecule has 1 N–H and O–H groups in total. The average Bonchev–Trinajstić information content (AvgIpc) is 2.39. The Bertz CT molecular complexity index is 392. The van der Waals surface area contributed by atoms with Gasteiger partial charge in [0.15, 0.2) is 11.5 Å². The highest BCUT2D eigenvalue weighted by Crippen LogP contribution is 2.31. The van der Waals surface area contributed by atoms with Crippen LogP contribution in [-0.2, 0) is 6.54 Å². The van der Waals surface area contributed by atoms with Gasteiger partial charge in [0.05, 0.1) is 7.11 Å². The Hall–Kier alpha value is -1.26. The highest BCUT2D eigenvalue weighted by Gasteiger charge is 2.10. The summed E-state index contributed by atoms with van der Waals surface area (Å²) in [5.41, 5.74) is 1.14. The lowest BCUT2D eigenvalue weighted by atomic mass is 10.1. The molecule has 20 heavy (non-hydrogen) atoms. The van der Waals surface area contributed by atoms with E-state index in [1.54, 1.807) is 7.11 Å². The number of nitrogens with zero attached hydrogens (tertiary/aromatic N) is 1. The van der Waals surface area contributed by atoms with Crippen molar-refractivity contribution in [2.24, 2.45) is 5.92 Å². The summed E-state index contributed by atoms with van der Waals surface area (Å²) in [4.78, 5) is 2.10. The van der Waals surface area contributed by atoms with Crippen molar-refractivity contribution in [3.63, 3.8) is 0 Å². The van der Waals surface area contributed by atoms with Crippen LogP contribution in [0, 0.1) is 5.92 Å². The van der Waals surface area contributed by atoms with Gasteiger partial charge in [0.1, 0.15) is 6.61 Å². The van der Waals surface area contributed by atoms with Gasteiger partial charge in [0.25, 0.3) is 0 Å². The van der Waals surface area contributed by atoms with Gasteiger partial charge in [0, 0.05) is 18.7 Å². The highest BCUT2D eigenvalue weighted by molar-refractivity contribution is 5.46. The van der Waals surface area contributed by atoms with Gasteiger partial charge in [0.2, 0.25) is 0 Å². The summed E-state index contributed by atoms with van der Waals surface area (Å²) < 4.78 is 11.3. The Balaban J connectivity index is 2.70. The van der Waals surface area contributed by atoms with Crippen LogP contribution >= 0.6 is 0 Å². The fourth-order valence-electron chi connectivity index (χ4n) is 1.85. The van der Waals surface area contributed by atoms with E-state index < -0.39 is 0 Å². The minimum Gasteiger partial charge on any atom is -0.493 e. The molecule has 0 aliphatic carbocycles. The molecule has 0 saturated heterocycles. The number of methoxy groups -OCH3 is 1. The van der Waals surface area contributed by atoms with Crippen molar-refractivity contribution in [1.29, 1.82) is 0 Å². The minimum absolute atomic E-state index is 0.638. The van der Waals surface area contributed by atoms with E-state index in [2.05, 4.69) is 30.1 Å². The molecule has 0 fully saturated rings. The second-order valence-corrected chi connectivity index (χ2v) is 5.63. The summed E-state index contributed by atoms with van der Waals surface area (Å²) in [7, 11) is 5.76. The van der Waals surface area contributed by atoms with E-state index in [0.717, 1.165) is 36.7 Å². The van der Waals surface area contributed by atoms with Crippen LogP contribution < -0.4 is 14.8 Å². The largest absolute Gasteiger partial charge is 0.493 e. The van der Waals surface area contributed by atoms with Gasteiger partial charge in [-0.05, 0) is 32.6 Å². The smallest absolute Gasteiger partial charge is 0.165 e. The number of rotatable bonds is 9. The van der Waals surface area contributed by atoms with Crippen molar-refractivity contribution in [1.82, 2.24) is 10.2 Å². The molecule has 1 aromatic rings. The number of hydrogen-bond acceptors (Lipinski definition) is 4. The third-order valence-corrected chi connectivity index (χ3v) is 2.93. The normalized spacial score (nSPS) is 11.2. The Kier molecular flexibility index (Phi) is 7.41. The van der Waals surface area contributed by atoms with E-state index in [1.165, 1.54) is 0 Å². The van der Waals surface area contributed by atoms with Gasteiger partial charge < -0.3 is 19.7 Å². The molecule has 4 nitrogen and oxygen atoms in total. The third kappa shape index (κ3) is 5.80. The van der Waals surface area contributed by atoms with Crippen LogP contribution in [0.4, 0.5) is 0 Å². The van der Waals surface area contributed by atoms with Crippen LogP contribution in [-0.4, -0.2) is 45.8 Å². The Morgan fingerprint density at radius 2 is 2.00 bits per heavy atom. The first-order valence-electron chi connectivity index (χ1n) is 7.18. The van der Waals surface area contributed by atoms with Gasteiger partial charge in [-0.25, -0.2) is 0 Å². The molecule has 0 aromatic heterocycles. The summed E-state index contributed by atoms with van der Waals surface area (Å²) in [6.07, 6.45) is 0. The summed E-state index contributed by atoms with van der Waals surface area (Å²) in [6, 6.07) is 6.03. The van der Waals surface area contributed by atoms with Crippen LogP contribution in [0.3, 0.4) is 0 Å². The van der Waals surface area contributed by atoms with E-state index >= 15 is 0 Å². The molecule has 0 saturated carbocycles. The number of para-hydroxylation sites is 1. The molecule has 0 aliphatic rings. The van der Waals surface area contributed by atoms with E-state index in [9.17, 15) is 0 Å². The Morgan fingerprint density at radius 1 is 1.25 bits per heavy atom. The Morgan fingerprint density at radius 3 is 2.60 bits per heavy atom. The fraction of sp³-hybridized carbons (Fsp3) is 0.625. The summed E-state index contributed by atoms with van der Waals surface area (Å²) in [5.74, 6) is 2.29. The second-order valence-electron chi connectivity index (χ2n) is 5.63. The quantitative estimate of drug-likeness (QED) is 0.753. The molecule has 0 amide bonds. The highest BCUT2D eigenvalue weighted by atomic mass is 16.5. The molecule has 0 unspecified atom stereocenters. The monoisotopic (exact) mass is 280 g/mol. The van der Waals surface area contributed by atoms with Crippen LogP contribution in [0.2, 0.25) is 0 Å². The van der Waals surface area contributed by atoms with Crippen molar-refractivity contribution in [2.45, 2.75) is 20.4 Å². The van der Waals surface area contributed by atoms with E-state index in [0.29, 0.717) is 12.5 Å². The molecule has 0 atom stereocenters.